The standard InChI is InChI=1S/C50H34FN/c51-49-34-41(37-18-8-3-9-19-37)33-48(47-32-40-20-10-11-21-44(40)45-22-12-13-23-46(45)47)50(49)52(42-28-24-38(25-29-42)35-14-4-1-5-15-35)43-30-26-39(27-31-43)36-16-6-2-7-17-36/h1-34H. The van der Waals surface area contributed by atoms with Crippen molar-refractivity contribution in [2.45, 2.75) is 0 Å². The van der Waals surface area contributed by atoms with Crippen LogP contribution in [0.5, 0.6) is 0 Å². The molecular weight excluding hydrogens is 634 g/mol. The van der Waals surface area contributed by atoms with Crippen LogP contribution in [0.15, 0.2) is 206 Å². The van der Waals surface area contributed by atoms with E-state index in [1.54, 1.807) is 6.07 Å². The molecule has 9 rings (SSSR count). The molecule has 246 valence electrons. The van der Waals surface area contributed by atoms with E-state index in [0.29, 0.717) is 5.69 Å². The van der Waals surface area contributed by atoms with Gasteiger partial charge in [0.15, 0.2) is 0 Å². The number of halogens is 1. The molecular formula is C50H34FN. The lowest BCUT2D eigenvalue weighted by Gasteiger charge is -2.29. The molecule has 0 unspecified atom stereocenters. The molecule has 2 heteroatoms. The van der Waals surface area contributed by atoms with E-state index in [1.807, 2.05) is 66.7 Å². The molecule has 0 aliphatic rings. The highest BCUT2D eigenvalue weighted by molar-refractivity contribution is 6.15. The van der Waals surface area contributed by atoms with Crippen molar-refractivity contribution < 1.29 is 4.39 Å². The summed E-state index contributed by atoms with van der Waals surface area (Å²) in [7, 11) is 0. The third-order valence-corrected chi connectivity index (χ3v) is 9.92. The summed E-state index contributed by atoms with van der Waals surface area (Å²) in [4.78, 5) is 2.08. The number of nitrogens with zero attached hydrogens (tertiary/aromatic N) is 1. The van der Waals surface area contributed by atoms with Gasteiger partial charge in [-0.05, 0) is 103 Å². The molecule has 0 heterocycles. The van der Waals surface area contributed by atoms with Gasteiger partial charge >= 0.3 is 0 Å². The Balaban J connectivity index is 1.32. The minimum Gasteiger partial charge on any atom is -0.307 e. The van der Waals surface area contributed by atoms with Gasteiger partial charge in [0.2, 0.25) is 0 Å². The van der Waals surface area contributed by atoms with Crippen LogP contribution in [0.1, 0.15) is 0 Å². The molecule has 0 amide bonds. The molecule has 0 N–H and O–H groups in total. The Kier molecular flexibility index (Phi) is 8.11. The maximum atomic E-state index is 17.5. The minimum absolute atomic E-state index is 0.298. The highest BCUT2D eigenvalue weighted by Crippen LogP contribution is 2.47. The lowest BCUT2D eigenvalue weighted by molar-refractivity contribution is 0.630. The van der Waals surface area contributed by atoms with Crippen molar-refractivity contribution in [1.29, 1.82) is 0 Å². The van der Waals surface area contributed by atoms with Gasteiger partial charge in [0, 0.05) is 16.9 Å². The number of hydrogen-bond donors (Lipinski definition) is 0. The Labute approximate surface area is 303 Å². The zero-order valence-corrected chi connectivity index (χ0v) is 28.5. The molecule has 1 nitrogen and oxygen atoms in total. The van der Waals surface area contributed by atoms with E-state index in [-0.39, 0.29) is 5.82 Å². The van der Waals surface area contributed by atoms with E-state index >= 15 is 4.39 Å². The van der Waals surface area contributed by atoms with Crippen molar-refractivity contribution in [3.63, 3.8) is 0 Å². The van der Waals surface area contributed by atoms with Crippen molar-refractivity contribution in [1.82, 2.24) is 0 Å². The van der Waals surface area contributed by atoms with Crippen LogP contribution in [0, 0.1) is 5.82 Å². The van der Waals surface area contributed by atoms with Gasteiger partial charge in [0.05, 0.1) is 5.69 Å². The van der Waals surface area contributed by atoms with E-state index in [2.05, 4.69) is 138 Å². The molecule has 0 spiro atoms. The van der Waals surface area contributed by atoms with Gasteiger partial charge in [-0.3, -0.25) is 0 Å². The SMILES string of the molecule is Fc1cc(-c2ccccc2)cc(-c2cc3ccccc3c3ccccc23)c1N(c1ccc(-c2ccccc2)cc1)c1ccc(-c2ccccc2)cc1. The summed E-state index contributed by atoms with van der Waals surface area (Å²) >= 11 is 0. The number of anilines is 3. The Morgan fingerprint density at radius 1 is 0.308 bits per heavy atom. The molecule has 9 aromatic rings. The van der Waals surface area contributed by atoms with E-state index in [0.717, 1.165) is 72.0 Å². The molecule has 0 saturated carbocycles. The largest absolute Gasteiger partial charge is 0.307 e. The fraction of sp³-hybridized carbons (Fsp3) is 0. The van der Waals surface area contributed by atoms with Crippen LogP contribution in [0.2, 0.25) is 0 Å². The van der Waals surface area contributed by atoms with Crippen LogP contribution in [-0.4, -0.2) is 0 Å². The van der Waals surface area contributed by atoms with Crippen LogP contribution < -0.4 is 4.90 Å². The summed E-state index contributed by atoms with van der Waals surface area (Å²) < 4.78 is 17.5. The zero-order valence-electron chi connectivity index (χ0n) is 28.5. The van der Waals surface area contributed by atoms with Crippen molar-refractivity contribution in [2.75, 3.05) is 4.90 Å². The summed E-state index contributed by atoms with van der Waals surface area (Å²) in [5.41, 5.74) is 10.3. The maximum absolute atomic E-state index is 17.5. The second-order valence-corrected chi connectivity index (χ2v) is 13.1. The average Bonchev–Trinajstić information content (AvgIpc) is 3.22. The molecule has 0 bridgehead atoms. The van der Waals surface area contributed by atoms with Gasteiger partial charge in [-0.15, -0.1) is 0 Å². The molecule has 9 aromatic carbocycles. The van der Waals surface area contributed by atoms with Gasteiger partial charge in [0.1, 0.15) is 5.82 Å². The van der Waals surface area contributed by atoms with Gasteiger partial charge in [-0.1, -0.05) is 164 Å². The topological polar surface area (TPSA) is 3.24 Å². The quantitative estimate of drug-likeness (QED) is 0.153. The minimum atomic E-state index is -0.298. The number of benzene rings is 9. The highest BCUT2D eigenvalue weighted by Gasteiger charge is 2.24. The van der Waals surface area contributed by atoms with E-state index in [9.17, 15) is 0 Å². The molecule has 0 atom stereocenters. The van der Waals surface area contributed by atoms with Crippen molar-refractivity contribution in [2.24, 2.45) is 0 Å². The Morgan fingerprint density at radius 3 is 1.27 bits per heavy atom. The summed E-state index contributed by atoms with van der Waals surface area (Å²) in [6.07, 6.45) is 0. The summed E-state index contributed by atoms with van der Waals surface area (Å²) in [6, 6.07) is 70.6. The van der Waals surface area contributed by atoms with Crippen LogP contribution in [0.3, 0.4) is 0 Å². The van der Waals surface area contributed by atoms with Crippen LogP contribution in [0.4, 0.5) is 21.5 Å². The second-order valence-electron chi connectivity index (χ2n) is 13.1. The summed E-state index contributed by atoms with van der Waals surface area (Å²) in [5.74, 6) is -0.298. The zero-order chi connectivity index (χ0) is 34.9. The maximum Gasteiger partial charge on any atom is 0.148 e. The summed E-state index contributed by atoms with van der Waals surface area (Å²) in [5, 5.41) is 4.50. The van der Waals surface area contributed by atoms with Crippen molar-refractivity contribution in [3.05, 3.63) is 212 Å². The van der Waals surface area contributed by atoms with E-state index in [1.165, 1.54) is 5.39 Å². The van der Waals surface area contributed by atoms with E-state index in [4.69, 9.17) is 0 Å². The third kappa shape index (κ3) is 5.81. The smallest absolute Gasteiger partial charge is 0.148 e. The molecule has 0 aromatic heterocycles. The summed E-state index contributed by atoms with van der Waals surface area (Å²) in [6.45, 7) is 0. The van der Waals surface area contributed by atoms with Crippen molar-refractivity contribution in [3.8, 4) is 44.5 Å². The average molecular weight is 668 g/mol. The predicted molar refractivity (Wildman–Crippen MR) is 218 cm³/mol. The normalized spacial score (nSPS) is 11.2. The second kappa shape index (κ2) is 13.5. The van der Waals surface area contributed by atoms with Gasteiger partial charge < -0.3 is 4.90 Å². The third-order valence-electron chi connectivity index (χ3n) is 9.92. The van der Waals surface area contributed by atoms with Gasteiger partial charge in [0.25, 0.3) is 0 Å². The number of fused-ring (bicyclic) bond motifs is 3. The molecule has 0 fully saturated rings. The van der Waals surface area contributed by atoms with Crippen LogP contribution >= 0.6 is 0 Å². The van der Waals surface area contributed by atoms with Crippen LogP contribution in [-0.2, 0) is 0 Å². The molecule has 0 aliphatic heterocycles. The first kappa shape index (κ1) is 31.2. The van der Waals surface area contributed by atoms with E-state index < -0.39 is 0 Å². The lowest BCUT2D eigenvalue weighted by atomic mass is 9.90. The molecule has 0 aliphatic carbocycles. The first-order valence-corrected chi connectivity index (χ1v) is 17.6. The van der Waals surface area contributed by atoms with Crippen molar-refractivity contribution >= 4 is 38.6 Å². The molecule has 52 heavy (non-hydrogen) atoms. The monoisotopic (exact) mass is 667 g/mol. The fourth-order valence-electron chi connectivity index (χ4n) is 7.38. The molecule has 0 saturated heterocycles. The predicted octanol–water partition coefficient (Wildman–Crippen LogP) is 14.3. The van der Waals surface area contributed by atoms with Crippen LogP contribution in [0.25, 0.3) is 66.1 Å². The van der Waals surface area contributed by atoms with Gasteiger partial charge in [-0.25, -0.2) is 4.39 Å². The number of rotatable bonds is 7. The fourth-order valence-corrected chi connectivity index (χ4v) is 7.38. The Hall–Kier alpha value is -6.77. The number of hydrogen-bond acceptors (Lipinski definition) is 1. The first-order valence-electron chi connectivity index (χ1n) is 17.6. The first-order chi connectivity index (χ1) is 25.7. The lowest BCUT2D eigenvalue weighted by Crippen LogP contribution is -2.13. The Bertz CT molecular complexity index is 2570. The molecule has 0 radical (unpaired) electrons. The Morgan fingerprint density at radius 2 is 0.731 bits per heavy atom. The highest BCUT2D eigenvalue weighted by atomic mass is 19.1. The van der Waals surface area contributed by atoms with Gasteiger partial charge in [-0.2, -0.15) is 0 Å².